The quantitative estimate of drug-likeness (QED) is 0.855. The highest BCUT2D eigenvalue weighted by Gasteiger charge is 2.30. The van der Waals surface area contributed by atoms with Gasteiger partial charge in [-0.1, -0.05) is 41.6 Å². The third-order valence-corrected chi connectivity index (χ3v) is 4.53. The number of halogens is 1. The largest absolute Gasteiger partial charge is 0.468 e. The topological polar surface area (TPSA) is 79.2 Å². The first-order valence-corrected chi connectivity index (χ1v) is 7.81. The Morgan fingerprint density at radius 1 is 1.55 bits per heavy atom. The fourth-order valence-electron chi connectivity index (χ4n) is 2.15. The minimum absolute atomic E-state index is 0.0204. The van der Waals surface area contributed by atoms with Crippen molar-refractivity contribution in [3.63, 3.8) is 0 Å². The summed E-state index contributed by atoms with van der Waals surface area (Å²) in [6.07, 6.45) is 0.148. The summed E-state index contributed by atoms with van der Waals surface area (Å²) in [6, 6.07) is 9.24. The normalized spacial score (nSPS) is 17.7. The predicted molar refractivity (Wildman–Crippen MR) is 84.1 cm³/mol. The number of thioether (sulfide) groups is 1. The zero-order valence-electron chi connectivity index (χ0n) is 11.8. The number of nitrogens with zero attached hydrogens (tertiary/aromatic N) is 1. The highest BCUT2D eigenvalue weighted by atomic mass is 35.5. The summed E-state index contributed by atoms with van der Waals surface area (Å²) in [5, 5.41) is 13.0. The monoisotopic (exact) mass is 336 g/mol. The van der Waals surface area contributed by atoms with Crippen LogP contribution < -0.4 is 5.32 Å². The second-order valence-corrected chi connectivity index (χ2v) is 5.94. The highest BCUT2D eigenvalue weighted by molar-refractivity contribution is 8.03. The molecule has 0 unspecified atom stereocenters. The molecule has 1 atom stereocenters. The number of ether oxygens (including phenoxy) is 1. The molecule has 1 heterocycles. The van der Waals surface area contributed by atoms with Crippen LogP contribution in [-0.4, -0.2) is 24.7 Å². The maximum absolute atomic E-state index is 11.9. The molecule has 1 aromatic carbocycles. The third-order valence-electron chi connectivity index (χ3n) is 3.20. The van der Waals surface area contributed by atoms with Crippen molar-refractivity contribution in [1.29, 1.82) is 5.26 Å². The molecule has 1 aliphatic heterocycles. The minimum Gasteiger partial charge on any atom is -0.468 e. The Hall–Kier alpha value is -1.97. The number of hydrogen-bond acceptors (Lipinski definition) is 5. The maximum Gasteiger partial charge on any atom is 0.316 e. The van der Waals surface area contributed by atoms with Gasteiger partial charge in [-0.25, -0.2) is 0 Å². The summed E-state index contributed by atoms with van der Waals surface area (Å²) in [5.74, 6) is -1.03. The van der Waals surface area contributed by atoms with Gasteiger partial charge >= 0.3 is 5.97 Å². The van der Waals surface area contributed by atoms with Gasteiger partial charge in [0, 0.05) is 17.4 Å². The number of carbonyl (C=O) groups is 2. The van der Waals surface area contributed by atoms with Gasteiger partial charge in [-0.15, -0.1) is 0 Å². The Kier molecular flexibility index (Phi) is 5.47. The van der Waals surface area contributed by atoms with E-state index >= 15 is 0 Å². The molecule has 0 bridgehead atoms. The van der Waals surface area contributed by atoms with Gasteiger partial charge in [0.1, 0.15) is 0 Å². The molecule has 2 rings (SSSR count). The van der Waals surface area contributed by atoms with Gasteiger partial charge in [-0.3, -0.25) is 9.59 Å². The standard InChI is InChI=1S/C15H13ClN2O3S/c1-21-14(20)8-22-15-11(7-17)10(6-13(19)18-15)9-4-2-3-5-12(9)16/h2-5,10H,6,8H2,1H3,(H,18,19)/t10-/m1/s1. The Labute approximate surface area is 137 Å². The molecule has 1 aliphatic rings. The van der Waals surface area contributed by atoms with Gasteiger partial charge in [0.2, 0.25) is 5.91 Å². The summed E-state index contributed by atoms with van der Waals surface area (Å²) in [7, 11) is 1.29. The molecule has 1 aromatic rings. The van der Waals surface area contributed by atoms with Crippen LogP contribution in [0, 0.1) is 11.3 Å². The van der Waals surface area contributed by atoms with E-state index in [1.165, 1.54) is 7.11 Å². The zero-order chi connectivity index (χ0) is 16.1. The first-order chi connectivity index (χ1) is 10.6. The SMILES string of the molecule is COC(=O)CSC1=C(C#N)[C@@H](c2ccccc2Cl)CC(=O)N1. The highest BCUT2D eigenvalue weighted by Crippen LogP contribution is 2.38. The van der Waals surface area contributed by atoms with Crippen molar-refractivity contribution in [2.45, 2.75) is 12.3 Å². The van der Waals surface area contributed by atoms with Crippen molar-refractivity contribution in [1.82, 2.24) is 5.32 Å². The molecule has 5 nitrogen and oxygen atoms in total. The summed E-state index contributed by atoms with van der Waals surface area (Å²) in [6.45, 7) is 0. The number of esters is 1. The molecule has 0 fully saturated rings. The molecule has 0 radical (unpaired) electrons. The van der Waals surface area contributed by atoms with E-state index in [1.807, 2.05) is 6.07 Å². The number of amides is 1. The van der Waals surface area contributed by atoms with Crippen LogP contribution in [-0.2, 0) is 14.3 Å². The molecule has 0 spiro atoms. The maximum atomic E-state index is 11.9. The molecule has 0 saturated carbocycles. The number of rotatable bonds is 4. The molecule has 0 aromatic heterocycles. The lowest BCUT2D eigenvalue weighted by Crippen LogP contribution is -2.31. The summed E-state index contributed by atoms with van der Waals surface area (Å²) >= 11 is 7.26. The fraction of sp³-hybridized carbons (Fsp3) is 0.267. The number of nitriles is 1. The molecule has 0 aliphatic carbocycles. The van der Waals surface area contributed by atoms with E-state index in [-0.39, 0.29) is 18.1 Å². The van der Waals surface area contributed by atoms with Crippen LogP contribution in [0.3, 0.4) is 0 Å². The Morgan fingerprint density at radius 3 is 2.91 bits per heavy atom. The molecule has 1 N–H and O–H groups in total. The van der Waals surface area contributed by atoms with Gasteiger partial charge < -0.3 is 10.1 Å². The average molecular weight is 337 g/mol. The minimum atomic E-state index is -0.427. The lowest BCUT2D eigenvalue weighted by Gasteiger charge is -2.25. The lowest BCUT2D eigenvalue weighted by molar-refractivity contribution is -0.137. The Bertz CT molecular complexity index is 682. The van der Waals surface area contributed by atoms with Crippen LogP contribution in [0.2, 0.25) is 5.02 Å². The van der Waals surface area contributed by atoms with Crippen LogP contribution in [0.1, 0.15) is 17.9 Å². The molecule has 7 heteroatoms. The van der Waals surface area contributed by atoms with Gasteiger partial charge in [-0.05, 0) is 11.6 Å². The number of hydrogen-bond donors (Lipinski definition) is 1. The molecular formula is C15H13ClN2O3S. The van der Waals surface area contributed by atoms with Gasteiger partial charge in [0.05, 0.1) is 29.5 Å². The lowest BCUT2D eigenvalue weighted by atomic mass is 9.87. The molecular weight excluding hydrogens is 324 g/mol. The number of allylic oxidation sites excluding steroid dienone is 1. The predicted octanol–water partition coefficient (Wildman–Crippen LogP) is 2.58. The van der Waals surface area contributed by atoms with E-state index in [2.05, 4.69) is 16.1 Å². The van der Waals surface area contributed by atoms with Crippen LogP contribution in [0.4, 0.5) is 0 Å². The summed E-state index contributed by atoms with van der Waals surface area (Å²) < 4.78 is 4.57. The van der Waals surface area contributed by atoms with Gasteiger partial charge in [-0.2, -0.15) is 5.26 Å². The van der Waals surface area contributed by atoms with E-state index in [9.17, 15) is 14.9 Å². The first kappa shape index (κ1) is 16.4. The van der Waals surface area contributed by atoms with Gasteiger partial charge in [0.25, 0.3) is 0 Å². The fourth-order valence-corrected chi connectivity index (χ4v) is 3.32. The smallest absolute Gasteiger partial charge is 0.316 e. The van der Waals surface area contributed by atoms with Crippen molar-refractivity contribution in [3.8, 4) is 6.07 Å². The average Bonchev–Trinajstić information content (AvgIpc) is 2.52. The molecule has 1 amide bonds. The Balaban J connectivity index is 2.37. The number of nitrogens with one attached hydrogen (secondary N) is 1. The molecule has 114 valence electrons. The van der Waals surface area contributed by atoms with Crippen LogP contribution >= 0.6 is 23.4 Å². The second kappa shape index (κ2) is 7.34. The van der Waals surface area contributed by atoms with Crippen molar-refractivity contribution >= 4 is 35.2 Å². The van der Waals surface area contributed by atoms with E-state index in [4.69, 9.17) is 11.6 Å². The molecule has 22 heavy (non-hydrogen) atoms. The van der Waals surface area contributed by atoms with Crippen LogP contribution in [0.25, 0.3) is 0 Å². The first-order valence-electron chi connectivity index (χ1n) is 6.45. The van der Waals surface area contributed by atoms with Crippen molar-refractivity contribution in [3.05, 3.63) is 45.5 Å². The van der Waals surface area contributed by atoms with Crippen LogP contribution in [0.15, 0.2) is 34.9 Å². The number of methoxy groups -OCH3 is 1. The van der Waals surface area contributed by atoms with E-state index in [0.717, 1.165) is 17.3 Å². The summed E-state index contributed by atoms with van der Waals surface area (Å²) in [5.41, 5.74) is 1.13. The number of carbonyl (C=O) groups excluding carboxylic acids is 2. The van der Waals surface area contributed by atoms with E-state index in [1.54, 1.807) is 18.2 Å². The van der Waals surface area contributed by atoms with Gasteiger partial charge in [0.15, 0.2) is 0 Å². The zero-order valence-corrected chi connectivity index (χ0v) is 13.3. The molecule has 0 saturated heterocycles. The van der Waals surface area contributed by atoms with Crippen molar-refractivity contribution in [2.24, 2.45) is 0 Å². The van der Waals surface area contributed by atoms with Crippen molar-refractivity contribution in [2.75, 3.05) is 12.9 Å². The van der Waals surface area contributed by atoms with E-state index in [0.29, 0.717) is 15.6 Å². The third kappa shape index (κ3) is 3.62. The van der Waals surface area contributed by atoms with E-state index < -0.39 is 11.9 Å². The number of benzene rings is 1. The Morgan fingerprint density at radius 2 is 2.27 bits per heavy atom. The van der Waals surface area contributed by atoms with Crippen LogP contribution in [0.5, 0.6) is 0 Å². The summed E-state index contributed by atoms with van der Waals surface area (Å²) in [4.78, 5) is 23.2. The second-order valence-electron chi connectivity index (χ2n) is 4.55. The van der Waals surface area contributed by atoms with Crippen molar-refractivity contribution < 1.29 is 14.3 Å².